The first kappa shape index (κ1) is 11.5. The van der Waals surface area contributed by atoms with Crippen LogP contribution in [0.2, 0.25) is 0 Å². The predicted octanol–water partition coefficient (Wildman–Crippen LogP) is 2.75. The standard InChI is InChI=1S/C13H17F2N/c1-9-5-6-16-8-10(9)7-11-12(14)3-2-4-13(11)15/h2-4,9-10,16H,5-8H2,1H3. The first-order valence-corrected chi connectivity index (χ1v) is 5.82. The van der Waals surface area contributed by atoms with E-state index < -0.39 is 11.6 Å². The molecule has 1 N–H and O–H groups in total. The Balaban J connectivity index is 2.13. The molecule has 0 aliphatic carbocycles. The SMILES string of the molecule is CC1CCNCC1Cc1c(F)cccc1F. The van der Waals surface area contributed by atoms with Gasteiger partial charge in [0, 0.05) is 5.56 Å². The van der Waals surface area contributed by atoms with Crippen molar-refractivity contribution in [3.8, 4) is 0 Å². The zero-order chi connectivity index (χ0) is 11.5. The largest absolute Gasteiger partial charge is 0.316 e. The van der Waals surface area contributed by atoms with Crippen LogP contribution in [0.5, 0.6) is 0 Å². The van der Waals surface area contributed by atoms with E-state index >= 15 is 0 Å². The number of benzene rings is 1. The third-order valence-corrected chi connectivity index (χ3v) is 3.52. The first-order valence-electron chi connectivity index (χ1n) is 5.82. The van der Waals surface area contributed by atoms with E-state index in [-0.39, 0.29) is 5.56 Å². The van der Waals surface area contributed by atoms with E-state index in [0.717, 1.165) is 19.5 Å². The summed E-state index contributed by atoms with van der Waals surface area (Å²) in [5, 5.41) is 3.28. The molecule has 2 atom stereocenters. The van der Waals surface area contributed by atoms with Crippen LogP contribution in [0.1, 0.15) is 18.9 Å². The topological polar surface area (TPSA) is 12.0 Å². The number of halogens is 2. The number of hydrogen-bond acceptors (Lipinski definition) is 1. The normalized spacial score (nSPS) is 25.7. The summed E-state index contributed by atoms with van der Waals surface area (Å²) in [5.41, 5.74) is 0.239. The zero-order valence-electron chi connectivity index (χ0n) is 9.47. The Morgan fingerprint density at radius 3 is 2.62 bits per heavy atom. The van der Waals surface area contributed by atoms with Gasteiger partial charge in [0.2, 0.25) is 0 Å². The van der Waals surface area contributed by atoms with Crippen LogP contribution < -0.4 is 5.32 Å². The monoisotopic (exact) mass is 225 g/mol. The summed E-state index contributed by atoms with van der Waals surface area (Å²) < 4.78 is 26.9. The Morgan fingerprint density at radius 1 is 1.31 bits per heavy atom. The Morgan fingerprint density at radius 2 is 2.00 bits per heavy atom. The van der Waals surface area contributed by atoms with Crippen molar-refractivity contribution in [1.29, 1.82) is 0 Å². The first-order chi connectivity index (χ1) is 7.68. The van der Waals surface area contributed by atoms with Gasteiger partial charge in [-0.15, -0.1) is 0 Å². The molecule has 1 fully saturated rings. The zero-order valence-corrected chi connectivity index (χ0v) is 9.47. The van der Waals surface area contributed by atoms with Crippen LogP contribution in [0.25, 0.3) is 0 Å². The predicted molar refractivity (Wildman–Crippen MR) is 60.2 cm³/mol. The lowest BCUT2D eigenvalue weighted by molar-refractivity contribution is 0.268. The van der Waals surface area contributed by atoms with E-state index in [1.165, 1.54) is 18.2 Å². The fourth-order valence-electron chi connectivity index (χ4n) is 2.32. The quantitative estimate of drug-likeness (QED) is 0.816. The molecular formula is C13H17F2N. The van der Waals surface area contributed by atoms with Crippen molar-refractivity contribution in [2.75, 3.05) is 13.1 Å². The maximum Gasteiger partial charge on any atom is 0.129 e. The molecule has 0 amide bonds. The molecule has 2 unspecified atom stereocenters. The van der Waals surface area contributed by atoms with Crippen LogP contribution in [0.3, 0.4) is 0 Å². The van der Waals surface area contributed by atoms with Gasteiger partial charge >= 0.3 is 0 Å². The van der Waals surface area contributed by atoms with Crippen molar-refractivity contribution in [2.45, 2.75) is 19.8 Å². The van der Waals surface area contributed by atoms with Gasteiger partial charge in [-0.3, -0.25) is 0 Å². The van der Waals surface area contributed by atoms with Gasteiger partial charge in [-0.1, -0.05) is 13.0 Å². The molecular weight excluding hydrogens is 208 g/mol. The number of piperidine rings is 1. The molecule has 0 spiro atoms. The minimum Gasteiger partial charge on any atom is -0.316 e. The summed E-state index contributed by atoms with van der Waals surface area (Å²) in [6.07, 6.45) is 1.58. The molecule has 1 aliphatic rings. The summed E-state index contributed by atoms with van der Waals surface area (Å²) in [6, 6.07) is 4.08. The third kappa shape index (κ3) is 2.40. The Labute approximate surface area is 94.9 Å². The maximum atomic E-state index is 13.5. The van der Waals surface area contributed by atoms with Crippen LogP contribution in [-0.4, -0.2) is 13.1 Å². The summed E-state index contributed by atoms with van der Waals surface area (Å²) >= 11 is 0. The molecule has 0 aromatic heterocycles. The lowest BCUT2D eigenvalue weighted by Crippen LogP contribution is -2.36. The van der Waals surface area contributed by atoms with Gasteiger partial charge in [0.15, 0.2) is 0 Å². The van der Waals surface area contributed by atoms with Gasteiger partial charge in [0.25, 0.3) is 0 Å². The van der Waals surface area contributed by atoms with Crippen molar-refractivity contribution in [1.82, 2.24) is 5.32 Å². The van der Waals surface area contributed by atoms with Gasteiger partial charge in [0.1, 0.15) is 11.6 Å². The van der Waals surface area contributed by atoms with E-state index in [1.54, 1.807) is 0 Å². The fraction of sp³-hybridized carbons (Fsp3) is 0.538. The molecule has 1 nitrogen and oxygen atoms in total. The molecule has 3 heteroatoms. The van der Waals surface area contributed by atoms with Gasteiger partial charge < -0.3 is 5.32 Å². The maximum absolute atomic E-state index is 13.5. The highest BCUT2D eigenvalue weighted by Gasteiger charge is 2.23. The van der Waals surface area contributed by atoms with Crippen LogP contribution in [-0.2, 0) is 6.42 Å². The summed E-state index contributed by atoms with van der Waals surface area (Å²) in [6.45, 7) is 4.02. The average Bonchev–Trinajstić information content (AvgIpc) is 2.26. The van der Waals surface area contributed by atoms with Gasteiger partial charge in [-0.05, 0) is 49.9 Å². The molecule has 0 saturated carbocycles. The summed E-state index contributed by atoms with van der Waals surface area (Å²) in [4.78, 5) is 0. The van der Waals surface area contributed by atoms with E-state index in [1.807, 2.05) is 0 Å². The van der Waals surface area contributed by atoms with E-state index in [9.17, 15) is 8.78 Å². The number of nitrogens with one attached hydrogen (secondary N) is 1. The van der Waals surface area contributed by atoms with Crippen molar-refractivity contribution >= 4 is 0 Å². The molecule has 1 aliphatic heterocycles. The molecule has 1 aromatic carbocycles. The highest BCUT2D eigenvalue weighted by Crippen LogP contribution is 2.25. The number of hydrogen-bond donors (Lipinski definition) is 1. The van der Waals surface area contributed by atoms with Crippen LogP contribution >= 0.6 is 0 Å². The van der Waals surface area contributed by atoms with Crippen molar-refractivity contribution in [2.24, 2.45) is 11.8 Å². The molecule has 1 heterocycles. The average molecular weight is 225 g/mol. The van der Waals surface area contributed by atoms with Crippen LogP contribution in [0, 0.1) is 23.5 Å². The van der Waals surface area contributed by atoms with Gasteiger partial charge in [-0.25, -0.2) is 8.78 Å². The number of rotatable bonds is 2. The Hall–Kier alpha value is -0.960. The lowest BCUT2D eigenvalue weighted by atomic mass is 9.83. The molecule has 0 bridgehead atoms. The smallest absolute Gasteiger partial charge is 0.129 e. The second-order valence-electron chi connectivity index (χ2n) is 4.63. The summed E-state index contributed by atoms with van der Waals surface area (Å²) in [5.74, 6) is 0.0240. The molecule has 88 valence electrons. The molecule has 0 radical (unpaired) electrons. The van der Waals surface area contributed by atoms with Crippen LogP contribution in [0.15, 0.2) is 18.2 Å². The van der Waals surface area contributed by atoms with Crippen molar-refractivity contribution in [3.05, 3.63) is 35.4 Å². The fourth-order valence-corrected chi connectivity index (χ4v) is 2.32. The van der Waals surface area contributed by atoms with Crippen molar-refractivity contribution < 1.29 is 8.78 Å². The highest BCUT2D eigenvalue weighted by atomic mass is 19.1. The second-order valence-corrected chi connectivity index (χ2v) is 4.63. The Bertz CT molecular complexity index is 345. The molecule has 1 aromatic rings. The Kier molecular flexibility index (Phi) is 3.54. The highest BCUT2D eigenvalue weighted by molar-refractivity contribution is 5.20. The van der Waals surface area contributed by atoms with Gasteiger partial charge in [-0.2, -0.15) is 0 Å². The van der Waals surface area contributed by atoms with Crippen molar-refractivity contribution in [3.63, 3.8) is 0 Å². The van der Waals surface area contributed by atoms with E-state index in [4.69, 9.17) is 0 Å². The lowest BCUT2D eigenvalue weighted by Gasteiger charge is -2.29. The minimum atomic E-state index is -0.419. The van der Waals surface area contributed by atoms with E-state index in [0.29, 0.717) is 18.3 Å². The molecule has 2 rings (SSSR count). The molecule has 1 saturated heterocycles. The van der Waals surface area contributed by atoms with Gasteiger partial charge in [0.05, 0.1) is 0 Å². The third-order valence-electron chi connectivity index (χ3n) is 3.52. The second kappa shape index (κ2) is 4.91. The molecule has 16 heavy (non-hydrogen) atoms. The summed E-state index contributed by atoms with van der Waals surface area (Å²) in [7, 11) is 0. The van der Waals surface area contributed by atoms with E-state index in [2.05, 4.69) is 12.2 Å². The minimum absolute atomic E-state index is 0.239. The van der Waals surface area contributed by atoms with Crippen LogP contribution in [0.4, 0.5) is 8.78 Å².